The molecule has 2 heterocycles. The van der Waals surface area contributed by atoms with Gasteiger partial charge in [0.1, 0.15) is 5.54 Å². The van der Waals surface area contributed by atoms with Crippen LogP contribution in [0.2, 0.25) is 0 Å². The quantitative estimate of drug-likeness (QED) is 0.670. The Morgan fingerprint density at radius 1 is 1.16 bits per heavy atom. The van der Waals surface area contributed by atoms with Crippen LogP contribution in [0.15, 0.2) is 35.0 Å². The zero-order chi connectivity index (χ0) is 18.3. The first-order valence-corrected chi connectivity index (χ1v) is 10.1. The molecule has 2 rings (SSSR count). The molecule has 0 aliphatic heterocycles. The van der Waals surface area contributed by atoms with E-state index in [1.807, 2.05) is 41.9 Å². The Balaban J connectivity index is 2.13. The number of urea groups is 1. The highest BCUT2D eigenvalue weighted by molar-refractivity contribution is 7.10. The van der Waals surface area contributed by atoms with E-state index in [-0.39, 0.29) is 6.03 Å². The average molecular weight is 381 g/mol. The molecule has 0 aliphatic rings. The summed E-state index contributed by atoms with van der Waals surface area (Å²) in [7, 11) is 0. The zero-order valence-corrected chi connectivity index (χ0v) is 16.2. The number of hydrogen-bond acceptors (Lipinski definition) is 4. The first-order chi connectivity index (χ1) is 11.9. The Kier molecular flexibility index (Phi) is 7.01. The van der Waals surface area contributed by atoms with Crippen LogP contribution < -0.4 is 5.32 Å². The average Bonchev–Trinajstić information content (AvgIpc) is 3.26. The minimum absolute atomic E-state index is 0.345. The number of carboxylic acid groups (broad SMARTS) is 1. The summed E-state index contributed by atoms with van der Waals surface area (Å²) in [5.41, 5.74) is -1.25. The van der Waals surface area contributed by atoms with E-state index in [4.69, 9.17) is 0 Å². The number of unbranched alkanes of at least 4 members (excludes halogenated alkanes) is 1. The van der Waals surface area contributed by atoms with E-state index >= 15 is 0 Å². The van der Waals surface area contributed by atoms with E-state index in [9.17, 15) is 14.7 Å². The van der Waals surface area contributed by atoms with E-state index in [0.717, 1.165) is 22.6 Å². The van der Waals surface area contributed by atoms with Gasteiger partial charge in [-0.2, -0.15) is 0 Å². The van der Waals surface area contributed by atoms with E-state index in [1.54, 1.807) is 34.5 Å². The number of amides is 2. The molecule has 0 saturated heterocycles. The second kappa shape index (κ2) is 9.01. The summed E-state index contributed by atoms with van der Waals surface area (Å²) in [6.07, 6.45) is 2.04. The van der Waals surface area contributed by atoms with Gasteiger partial charge in [-0.05, 0) is 36.2 Å². The standard InChI is InChI=1S/C18H24N2O3S2/c1-3-4-9-18(2,16(21)22)19-17(23)20(12-14-7-5-10-24-14)13-15-8-6-11-25-15/h5-8,10-11H,3-4,9,12-13H2,1-2H3,(H,19,23)(H,21,22)/t18-/m0/s1. The molecule has 136 valence electrons. The van der Waals surface area contributed by atoms with Gasteiger partial charge in [-0.25, -0.2) is 9.59 Å². The number of carboxylic acids is 1. The number of hydrogen-bond donors (Lipinski definition) is 2. The fourth-order valence-corrected chi connectivity index (χ4v) is 3.89. The zero-order valence-electron chi connectivity index (χ0n) is 14.5. The minimum Gasteiger partial charge on any atom is -0.480 e. The van der Waals surface area contributed by atoms with E-state index < -0.39 is 11.5 Å². The molecule has 25 heavy (non-hydrogen) atoms. The van der Waals surface area contributed by atoms with Crippen molar-refractivity contribution in [2.24, 2.45) is 0 Å². The molecule has 0 unspecified atom stereocenters. The molecule has 7 heteroatoms. The number of thiophene rings is 2. The molecular formula is C18H24N2O3S2. The Labute approximate surface area is 156 Å². The lowest BCUT2D eigenvalue weighted by molar-refractivity contribution is -0.144. The summed E-state index contributed by atoms with van der Waals surface area (Å²) < 4.78 is 0. The van der Waals surface area contributed by atoms with Crippen LogP contribution in [0.5, 0.6) is 0 Å². The Bertz CT molecular complexity index is 634. The summed E-state index contributed by atoms with van der Waals surface area (Å²) in [6, 6.07) is 7.51. The van der Waals surface area contributed by atoms with Crippen molar-refractivity contribution in [1.29, 1.82) is 0 Å². The molecule has 0 aromatic carbocycles. The van der Waals surface area contributed by atoms with Crippen LogP contribution in [-0.4, -0.2) is 27.5 Å². The van der Waals surface area contributed by atoms with Gasteiger partial charge in [0.05, 0.1) is 13.1 Å². The number of nitrogens with one attached hydrogen (secondary N) is 1. The van der Waals surface area contributed by atoms with Crippen molar-refractivity contribution in [3.8, 4) is 0 Å². The lowest BCUT2D eigenvalue weighted by Crippen LogP contribution is -2.55. The molecule has 0 aliphatic carbocycles. The third kappa shape index (κ3) is 5.57. The molecule has 2 aromatic heterocycles. The van der Waals surface area contributed by atoms with Gasteiger partial charge in [0.2, 0.25) is 0 Å². The molecule has 0 spiro atoms. The van der Waals surface area contributed by atoms with Crippen LogP contribution in [0.25, 0.3) is 0 Å². The molecule has 0 saturated carbocycles. The van der Waals surface area contributed by atoms with E-state index in [2.05, 4.69) is 5.32 Å². The Hall–Kier alpha value is -1.86. The predicted octanol–water partition coefficient (Wildman–Crippen LogP) is 4.55. The van der Waals surface area contributed by atoms with Crippen molar-refractivity contribution in [3.63, 3.8) is 0 Å². The monoisotopic (exact) mass is 380 g/mol. The van der Waals surface area contributed by atoms with Crippen molar-refractivity contribution >= 4 is 34.7 Å². The molecule has 0 bridgehead atoms. The van der Waals surface area contributed by atoms with Gasteiger partial charge in [0.25, 0.3) is 0 Å². The van der Waals surface area contributed by atoms with Gasteiger partial charge in [-0.1, -0.05) is 31.9 Å². The molecule has 0 radical (unpaired) electrons. The first kappa shape index (κ1) is 19.5. The fraction of sp³-hybridized carbons (Fsp3) is 0.444. The Morgan fingerprint density at radius 2 is 1.72 bits per heavy atom. The van der Waals surface area contributed by atoms with Crippen LogP contribution in [-0.2, 0) is 17.9 Å². The van der Waals surface area contributed by atoms with Gasteiger partial charge >= 0.3 is 12.0 Å². The van der Waals surface area contributed by atoms with Crippen LogP contribution in [0.1, 0.15) is 42.9 Å². The molecule has 1 atom stereocenters. The molecule has 2 aromatic rings. The molecule has 2 N–H and O–H groups in total. The first-order valence-electron chi connectivity index (χ1n) is 8.30. The van der Waals surface area contributed by atoms with Gasteiger partial charge in [0.15, 0.2) is 0 Å². The number of carbonyl (C=O) groups is 2. The van der Waals surface area contributed by atoms with Crippen molar-refractivity contribution in [2.75, 3.05) is 0 Å². The van der Waals surface area contributed by atoms with Crippen LogP contribution in [0.3, 0.4) is 0 Å². The normalized spacial score (nSPS) is 13.2. The van der Waals surface area contributed by atoms with Gasteiger partial charge in [-0.3, -0.25) is 0 Å². The van der Waals surface area contributed by atoms with Gasteiger partial charge in [0, 0.05) is 9.75 Å². The largest absolute Gasteiger partial charge is 0.480 e. The fourth-order valence-electron chi connectivity index (χ4n) is 2.45. The van der Waals surface area contributed by atoms with Crippen molar-refractivity contribution in [2.45, 2.75) is 51.7 Å². The number of aliphatic carboxylic acids is 1. The minimum atomic E-state index is -1.25. The van der Waals surface area contributed by atoms with Crippen LogP contribution in [0, 0.1) is 0 Å². The summed E-state index contributed by atoms with van der Waals surface area (Å²) in [5, 5.41) is 16.3. The third-order valence-corrected chi connectivity index (χ3v) is 5.75. The number of rotatable bonds is 9. The summed E-state index contributed by atoms with van der Waals surface area (Å²) in [6.45, 7) is 4.51. The smallest absolute Gasteiger partial charge is 0.329 e. The molecule has 0 fully saturated rings. The highest BCUT2D eigenvalue weighted by Gasteiger charge is 2.35. The van der Waals surface area contributed by atoms with Crippen LogP contribution >= 0.6 is 22.7 Å². The molecule has 5 nitrogen and oxygen atoms in total. The second-order valence-electron chi connectivity index (χ2n) is 6.19. The summed E-state index contributed by atoms with van der Waals surface area (Å²) >= 11 is 3.17. The van der Waals surface area contributed by atoms with Crippen molar-refractivity contribution < 1.29 is 14.7 Å². The highest BCUT2D eigenvalue weighted by atomic mass is 32.1. The second-order valence-corrected chi connectivity index (χ2v) is 8.25. The number of nitrogens with zero attached hydrogens (tertiary/aromatic N) is 1. The third-order valence-electron chi connectivity index (χ3n) is 4.03. The van der Waals surface area contributed by atoms with E-state index in [0.29, 0.717) is 19.5 Å². The van der Waals surface area contributed by atoms with Crippen molar-refractivity contribution in [1.82, 2.24) is 10.2 Å². The summed E-state index contributed by atoms with van der Waals surface area (Å²) in [5.74, 6) is -0.999. The lowest BCUT2D eigenvalue weighted by atomic mass is 9.95. The molecular weight excluding hydrogens is 356 g/mol. The van der Waals surface area contributed by atoms with Gasteiger partial charge in [-0.15, -0.1) is 22.7 Å². The maximum absolute atomic E-state index is 12.8. The topological polar surface area (TPSA) is 69.6 Å². The predicted molar refractivity (Wildman–Crippen MR) is 102 cm³/mol. The van der Waals surface area contributed by atoms with Gasteiger partial charge < -0.3 is 15.3 Å². The maximum atomic E-state index is 12.8. The number of carbonyl (C=O) groups excluding carboxylic acids is 1. The Morgan fingerprint density at radius 3 is 2.12 bits per heavy atom. The highest BCUT2D eigenvalue weighted by Crippen LogP contribution is 2.20. The van der Waals surface area contributed by atoms with Crippen molar-refractivity contribution in [3.05, 3.63) is 44.8 Å². The SMILES string of the molecule is CCCC[C@](C)(NC(=O)N(Cc1cccs1)Cc1cccs1)C(=O)O. The molecule has 2 amide bonds. The lowest BCUT2D eigenvalue weighted by Gasteiger charge is -2.30. The van der Waals surface area contributed by atoms with E-state index in [1.165, 1.54) is 0 Å². The summed E-state index contributed by atoms with van der Waals surface area (Å²) in [4.78, 5) is 28.3. The maximum Gasteiger partial charge on any atom is 0.329 e. The van der Waals surface area contributed by atoms with Crippen LogP contribution in [0.4, 0.5) is 4.79 Å².